The molecule has 5 heteroatoms. The standard InChI is InChI=1S/C9H6BrCl3O/c1-4(10)9(14)5-2-7(12)8(13)3-6(5)11/h2-4H,1H3. The van der Waals surface area contributed by atoms with Crippen molar-refractivity contribution < 1.29 is 4.79 Å². The lowest BCUT2D eigenvalue weighted by Gasteiger charge is -2.06. The predicted molar refractivity (Wildman–Crippen MR) is 64.2 cm³/mol. The molecule has 0 saturated heterocycles. The van der Waals surface area contributed by atoms with Crippen molar-refractivity contribution in [3.8, 4) is 0 Å². The Bertz CT molecular complexity index is 377. The molecule has 1 atom stereocenters. The van der Waals surface area contributed by atoms with Crippen LogP contribution in [0.25, 0.3) is 0 Å². The summed E-state index contributed by atoms with van der Waals surface area (Å²) >= 11 is 20.5. The Morgan fingerprint density at radius 3 is 2.21 bits per heavy atom. The van der Waals surface area contributed by atoms with E-state index in [4.69, 9.17) is 34.8 Å². The first-order valence-corrected chi connectivity index (χ1v) is 5.81. The zero-order valence-electron chi connectivity index (χ0n) is 7.15. The topological polar surface area (TPSA) is 17.1 Å². The molecule has 0 heterocycles. The number of alkyl halides is 1. The molecule has 0 radical (unpaired) electrons. The highest BCUT2D eigenvalue weighted by atomic mass is 79.9. The van der Waals surface area contributed by atoms with Crippen molar-refractivity contribution in [1.82, 2.24) is 0 Å². The van der Waals surface area contributed by atoms with Crippen LogP contribution in [0.2, 0.25) is 15.1 Å². The van der Waals surface area contributed by atoms with Gasteiger partial charge in [-0.3, -0.25) is 4.79 Å². The lowest BCUT2D eigenvalue weighted by Crippen LogP contribution is -2.10. The van der Waals surface area contributed by atoms with Crippen molar-refractivity contribution in [1.29, 1.82) is 0 Å². The number of halogens is 4. The number of hydrogen-bond acceptors (Lipinski definition) is 1. The summed E-state index contributed by atoms with van der Waals surface area (Å²) in [6.45, 7) is 1.72. The molecule has 0 saturated carbocycles. The third-order valence-corrected chi connectivity index (χ3v) is 3.09. The lowest BCUT2D eigenvalue weighted by atomic mass is 10.1. The molecule has 0 bridgehead atoms. The highest BCUT2D eigenvalue weighted by Crippen LogP contribution is 2.30. The van der Waals surface area contributed by atoms with Crippen molar-refractivity contribution in [2.75, 3.05) is 0 Å². The monoisotopic (exact) mass is 314 g/mol. The number of carbonyl (C=O) groups excluding carboxylic acids is 1. The highest BCUT2D eigenvalue weighted by molar-refractivity contribution is 9.10. The maximum absolute atomic E-state index is 11.6. The number of Topliss-reactive ketones (excluding diaryl/α,β-unsaturated/α-hetero) is 1. The van der Waals surface area contributed by atoms with Gasteiger partial charge in [0.1, 0.15) is 0 Å². The van der Waals surface area contributed by atoms with Crippen LogP contribution in [0, 0.1) is 0 Å². The van der Waals surface area contributed by atoms with Crippen LogP contribution in [0.15, 0.2) is 12.1 Å². The van der Waals surface area contributed by atoms with Crippen LogP contribution in [-0.2, 0) is 0 Å². The summed E-state index contributed by atoms with van der Waals surface area (Å²) in [6.07, 6.45) is 0. The van der Waals surface area contributed by atoms with Gasteiger partial charge < -0.3 is 0 Å². The number of hydrogen-bond donors (Lipinski definition) is 0. The molecule has 1 aromatic carbocycles. The molecule has 0 aromatic heterocycles. The van der Waals surface area contributed by atoms with Gasteiger partial charge in [0, 0.05) is 5.56 Å². The number of benzene rings is 1. The smallest absolute Gasteiger partial charge is 0.177 e. The molecule has 1 unspecified atom stereocenters. The summed E-state index contributed by atoms with van der Waals surface area (Å²) in [4.78, 5) is 11.3. The van der Waals surface area contributed by atoms with E-state index >= 15 is 0 Å². The Kier molecular flexibility index (Phi) is 4.26. The molecular formula is C9H6BrCl3O. The zero-order valence-corrected chi connectivity index (χ0v) is 11.0. The highest BCUT2D eigenvalue weighted by Gasteiger charge is 2.17. The zero-order chi connectivity index (χ0) is 10.9. The van der Waals surface area contributed by atoms with Crippen LogP contribution in [0.5, 0.6) is 0 Å². The van der Waals surface area contributed by atoms with Crippen molar-refractivity contribution in [3.63, 3.8) is 0 Å². The van der Waals surface area contributed by atoms with Crippen molar-refractivity contribution in [3.05, 3.63) is 32.8 Å². The number of ketones is 1. The maximum Gasteiger partial charge on any atom is 0.177 e. The van der Waals surface area contributed by atoms with Gasteiger partial charge in [0.2, 0.25) is 0 Å². The third-order valence-electron chi connectivity index (χ3n) is 1.64. The van der Waals surface area contributed by atoms with Gasteiger partial charge in [0.25, 0.3) is 0 Å². The molecular weight excluding hydrogens is 310 g/mol. The van der Waals surface area contributed by atoms with E-state index in [0.717, 1.165) is 0 Å². The number of rotatable bonds is 2. The van der Waals surface area contributed by atoms with E-state index in [1.165, 1.54) is 12.1 Å². The van der Waals surface area contributed by atoms with E-state index in [2.05, 4.69) is 15.9 Å². The van der Waals surface area contributed by atoms with E-state index in [1.807, 2.05) is 0 Å². The quantitative estimate of drug-likeness (QED) is 0.442. The van der Waals surface area contributed by atoms with Gasteiger partial charge in [0.15, 0.2) is 5.78 Å². The Hall–Kier alpha value is 0.240. The van der Waals surface area contributed by atoms with E-state index < -0.39 is 0 Å². The molecule has 76 valence electrons. The van der Waals surface area contributed by atoms with E-state index in [1.54, 1.807) is 6.92 Å². The second-order valence-corrected chi connectivity index (χ2v) is 5.32. The maximum atomic E-state index is 11.6. The third kappa shape index (κ3) is 2.63. The SMILES string of the molecule is CC(Br)C(=O)c1cc(Cl)c(Cl)cc1Cl. The van der Waals surface area contributed by atoms with Crippen LogP contribution in [0.1, 0.15) is 17.3 Å². The van der Waals surface area contributed by atoms with Gasteiger partial charge in [-0.1, -0.05) is 50.7 Å². The van der Waals surface area contributed by atoms with Crippen LogP contribution >= 0.6 is 50.7 Å². The first-order chi connectivity index (χ1) is 6.43. The summed E-state index contributed by atoms with van der Waals surface area (Å²) in [5.41, 5.74) is 0.380. The Labute approximate surface area is 105 Å². The Morgan fingerprint density at radius 2 is 1.71 bits per heavy atom. The van der Waals surface area contributed by atoms with Gasteiger partial charge in [-0.25, -0.2) is 0 Å². The molecule has 0 aliphatic heterocycles. The summed E-state index contributed by atoms with van der Waals surface area (Å²) < 4.78 is 0. The fourth-order valence-electron chi connectivity index (χ4n) is 0.926. The molecule has 0 aliphatic carbocycles. The summed E-state index contributed by atoms with van der Waals surface area (Å²) in [5, 5.41) is 0.985. The normalized spacial score (nSPS) is 12.6. The van der Waals surface area contributed by atoms with Crippen LogP contribution in [0.3, 0.4) is 0 Å². The number of carbonyl (C=O) groups is 1. The molecule has 0 amide bonds. The van der Waals surface area contributed by atoms with Gasteiger partial charge in [0.05, 0.1) is 19.9 Å². The average molecular weight is 316 g/mol. The molecule has 1 aromatic rings. The van der Waals surface area contributed by atoms with Gasteiger partial charge in [-0.2, -0.15) is 0 Å². The van der Waals surface area contributed by atoms with Gasteiger partial charge >= 0.3 is 0 Å². The Morgan fingerprint density at radius 1 is 1.21 bits per heavy atom. The minimum Gasteiger partial charge on any atom is -0.293 e. The van der Waals surface area contributed by atoms with Gasteiger partial charge in [-0.15, -0.1) is 0 Å². The molecule has 0 aliphatic rings. The second kappa shape index (κ2) is 4.84. The minimum atomic E-state index is -0.294. The summed E-state index contributed by atoms with van der Waals surface area (Å²) in [5.74, 6) is -0.117. The van der Waals surface area contributed by atoms with Crippen molar-refractivity contribution >= 4 is 56.5 Å². The molecule has 14 heavy (non-hydrogen) atoms. The molecule has 1 nitrogen and oxygen atoms in total. The van der Waals surface area contributed by atoms with Crippen molar-refractivity contribution in [2.24, 2.45) is 0 Å². The predicted octanol–water partition coefficient (Wildman–Crippen LogP) is 4.61. The largest absolute Gasteiger partial charge is 0.293 e. The minimum absolute atomic E-state index is 0.117. The average Bonchev–Trinajstić information content (AvgIpc) is 2.10. The van der Waals surface area contributed by atoms with Crippen LogP contribution in [0.4, 0.5) is 0 Å². The fraction of sp³-hybridized carbons (Fsp3) is 0.222. The molecule has 1 rings (SSSR count). The van der Waals surface area contributed by atoms with E-state index in [0.29, 0.717) is 20.6 Å². The lowest BCUT2D eigenvalue weighted by molar-refractivity contribution is 0.0996. The first-order valence-electron chi connectivity index (χ1n) is 3.76. The first kappa shape index (κ1) is 12.3. The summed E-state index contributed by atoms with van der Waals surface area (Å²) in [6, 6.07) is 2.94. The van der Waals surface area contributed by atoms with Crippen LogP contribution in [-0.4, -0.2) is 10.6 Å². The van der Waals surface area contributed by atoms with Gasteiger partial charge in [-0.05, 0) is 19.1 Å². The fourth-order valence-corrected chi connectivity index (χ4v) is 1.81. The van der Waals surface area contributed by atoms with Crippen molar-refractivity contribution in [2.45, 2.75) is 11.8 Å². The molecule has 0 N–H and O–H groups in total. The van der Waals surface area contributed by atoms with E-state index in [9.17, 15) is 4.79 Å². The molecule has 0 spiro atoms. The molecule has 0 fully saturated rings. The Balaban J connectivity index is 3.22. The summed E-state index contributed by atoms with van der Waals surface area (Å²) in [7, 11) is 0. The van der Waals surface area contributed by atoms with Crippen LogP contribution < -0.4 is 0 Å². The van der Waals surface area contributed by atoms with E-state index in [-0.39, 0.29) is 10.6 Å². The second-order valence-electron chi connectivity index (χ2n) is 2.73.